The highest BCUT2D eigenvalue weighted by Gasteiger charge is 2.23. The summed E-state index contributed by atoms with van der Waals surface area (Å²) in [6.45, 7) is 3.71. The molecule has 0 radical (unpaired) electrons. The van der Waals surface area contributed by atoms with Gasteiger partial charge in [0.05, 0.1) is 0 Å². The monoisotopic (exact) mass is 273 g/mol. The van der Waals surface area contributed by atoms with Gasteiger partial charge in [0, 0.05) is 11.3 Å². The minimum absolute atomic E-state index is 0.138. The first-order valence-corrected chi connectivity index (χ1v) is 6.29. The number of aryl methyl sites for hydroxylation is 2. The van der Waals surface area contributed by atoms with Crippen LogP contribution in [0.5, 0.6) is 0 Å². The van der Waals surface area contributed by atoms with E-state index < -0.39 is 17.8 Å². The van der Waals surface area contributed by atoms with Gasteiger partial charge >= 0.3 is 5.97 Å². The smallest absolute Gasteiger partial charge is 0.330 e. The van der Waals surface area contributed by atoms with E-state index in [1.165, 1.54) is 6.07 Å². The van der Waals surface area contributed by atoms with E-state index >= 15 is 0 Å². The summed E-state index contributed by atoms with van der Waals surface area (Å²) in [5, 5.41) is 12.2. The maximum atomic E-state index is 13.9. The molecule has 0 heterocycles. The van der Waals surface area contributed by atoms with Crippen LogP contribution in [-0.4, -0.2) is 11.1 Å². The lowest BCUT2D eigenvalue weighted by Gasteiger charge is -2.17. The highest BCUT2D eigenvalue weighted by Crippen LogP contribution is 2.24. The Balaban J connectivity index is 2.37. The van der Waals surface area contributed by atoms with Gasteiger partial charge in [-0.15, -0.1) is 0 Å². The third kappa shape index (κ3) is 3.15. The van der Waals surface area contributed by atoms with Crippen LogP contribution in [0, 0.1) is 19.7 Å². The quantitative estimate of drug-likeness (QED) is 0.893. The molecule has 0 saturated carbocycles. The van der Waals surface area contributed by atoms with E-state index in [0.717, 1.165) is 11.1 Å². The fraction of sp³-hybridized carbons (Fsp3) is 0.188. The Bertz CT molecular complexity index is 640. The van der Waals surface area contributed by atoms with E-state index in [1.807, 2.05) is 25.1 Å². The van der Waals surface area contributed by atoms with Gasteiger partial charge in [0.1, 0.15) is 5.82 Å². The zero-order chi connectivity index (χ0) is 14.7. The Morgan fingerprint density at radius 2 is 1.85 bits per heavy atom. The largest absolute Gasteiger partial charge is 0.479 e. The molecule has 104 valence electrons. The molecular formula is C16H16FNO2. The molecule has 1 atom stereocenters. The van der Waals surface area contributed by atoms with Crippen molar-refractivity contribution >= 4 is 11.7 Å². The molecule has 0 aliphatic carbocycles. The lowest BCUT2D eigenvalue weighted by molar-refractivity contribution is -0.138. The molecule has 0 aromatic heterocycles. The molecule has 4 heteroatoms. The molecule has 0 amide bonds. The Kier molecular flexibility index (Phi) is 4.03. The van der Waals surface area contributed by atoms with Gasteiger partial charge in [-0.05, 0) is 37.6 Å². The molecule has 0 fully saturated rings. The number of carboxylic acids is 1. The molecule has 0 spiro atoms. The first-order valence-electron chi connectivity index (χ1n) is 6.29. The normalized spacial score (nSPS) is 11.9. The Morgan fingerprint density at radius 3 is 2.50 bits per heavy atom. The van der Waals surface area contributed by atoms with Crippen LogP contribution < -0.4 is 5.32 Å². The van der Waals surface area contributed by atoms with Crippen LogP contribution in [0.4, 0.5) is 10.1 Å². The predicted octanol–water partition coefficient (Wildman–Crippen LogP) is 3.68. The second-order valence-corrected chi connectivity index (χ2v) is 4.81. The van der Waals surface area contributed by atoms with E-state index in [-0.39, 0.29) is 5.56 Å². The second-order valence-electron chi connectivity index (χ2n) is 4.81. The van der Waals surface area contributed by atoms with Crippen molar-refractivity contribution < 1.29 is 14.3 Å². The van der Waals surface area contributed by atoms with E-state index in [4.69, 9.17) is 0 Å². The van der Waals surface area contributed by atoms with Crippen LogP contribution in [0.2, 0.25) is 0 Å². The van der Waals surface area contributed by atoms with E-state index in [0.29, 0.717) is 5.69 Å². The zero-order valence-electron chi connectivity index (χ0n) is 11.4. The van der Waals surface area contributed by atoms with Gasteiger partial charge in [-0.3, -0.25) is 0 Å². The van der Waals surface area contributed by atoms with Crippen LogP contribution in [0.1, 0.15) is 22.7 Å². The van der Waals surface area contributed by atoms with Gasteiger partial charge in [0.25, 0.3) is 0 Å². The second kappa shape index (κ2) is 5.74. The molecule has 2 aromatic rings. The first-order chi connectivity index (χ1) is 9.47. The topological polar surface area (TPSA) is 49.3 Å². The summed E-state index contributed by atoms with van der Waals surface area (Å²) in [5.41, 5.74) is 2.61. The van der Waals surface area contributed by atoms with Gasteiger partial charge in [-0.25, -0.2) is 9.18 Å². The summed E-state index contributed by atoms with van der Waals surface area (Å²) in [4.78, 5) is 11.4. The minimum atomic E-state index is -1.11. The van der Waals surface area contributed by atoms with Gasteiger partial charge in [-0.2, -0.15) is 0 Å². The number of carboxylic acid groups (broad SMARTS) is 1. The first kappa shape index (κ1) is 14.1. The van der Waals surface area contributed by atoms with Crippen molar-refractivity contribution in [2.75, 3.05) is 5.32 Å². The van der Waals surface area contributed by atoms with Gasteiger partial charge in [0.2, 0.25) is 0 Å². The number of halogens is 1. The van der Waals surface area contributed by atoms with Gasteiger partial charge in [-0.1, -0.05) is 29.8 Å². The number of hydrogen-bond acceptors (Lipinski definition) is 2. The number of carbonyl (C=O) groups is 1. The summed E-state index contributed by atoms with van der Waals surface area (Å²) < 4.78 is 13.9. The molecule has 3 nitrogen and oxygen atoms in total. The lowest BCUT2D eigenvalue weighted by Crippen LogP contribution is -2.21. The number of rotatable bonds is 4. The molecule has 2 N–H and O–H groups in total. The summed E-state index contributed by atoms with van der Waals surface area (Å²) in [6.07, 6.45) is 0. The standard InChI is InChI=1S/C16H16FNO2/c1-10-4-3-5-12(8-10)18-15(16(19)20)13-9-11(2)6-7-14(13)17/h3-9,15,18H,1-2H3,(H,19,20). The molecule has 0 bridgehead atoms. The SMILES string of the molecule is Cc1cccc(NC(C(=O)O)c2cc(C)ccc2F)c1. The van der Waals surface area contributed by atoms with Gasteiger partial charge in [0.15, 0.2) is 6.04 Å². The van der Waals surface area contributed by atoms with Crippen molar-refractivity contribution in [1.82, 2.24) is 0 Å². The molecule has 0 aliphatic rings. The third-order valence-electron chi connectivity index (χ3n) is 3.04. The molecular weight excluding hydrogens is 257 g/mol. The average Bonchev–Trinajstić information content (AvgIpc) is 2.39. The third-order valence-corrected chi connectivity index (χ3v) is 3.04. The maximum absolute atomic E-state index is 13.9. The van der Waals surface area contributed by atoms with Crippen LogP contribution in [0.25, 0.3) is 0 Å². The summed E-state index contributed by atoms with van der Waals surface area (Å²) in [5.74, 6) is -1.64. The molecule has 2 rings (SSSR count). The summed E-state index contributed by atoms with van der Waals surface area (Å²) in [6, 6.07) is 10.7. The van der Waals surface area contributed by atoms with Crippen LogP contribution in [0.15, 0.2) is 42.5 Å². The van der Waals surface area contributed by atoms with Crippen molar-refractivity contribution in [2.24, 2.45) is 0 Å². The van der Waals surface area contributed by atoms with E-state index in [2.05, 4.69) is 5.32 Å². The molecule has 0 saturated heterocycles. The van der Waals surface area contributed by atoms with E-state index in [9.17, 15) is 14.3 Å². The number of benzene rings is 2. The van der Waals surface area contributed by atoms with Crippen molar-refractivity contribution in [3.8, 4) is 0 Å². The lowest BCUT2D eigenvalue weighted by atomic mass is 10.0. The number of aliphatic carboxylic acids is 1. The van der Waals surface area contributed by atoms with Crippen molar-refractivity contribution in [1.29, 1.82) is 0 Å². The maximum Gasteiger partial charge on any atom is 0.330 e. The number of hydrogen-bond donors (Lipinski definition) is 2. The molecule has 2 aromatic carbocycles. The molecule has 1 unspecified atom stereocenters. The highest BCUT2D eigenvalue weighted by molar-refractivity contribution is 5.79. The molecule has 0 aliphatic heterocycles. The Morgan fingerprint density at radius 1 is 1.15 bits per heavy atom. The average molecular weight is 273 g/mol. The van der Waals surface area contributed by atoms with Crippen LogP contribution in [-0.2, 0) is 4.79 Å². The predicted molar refractivity (Wildman–Crippen MR) is 76.3 cm³/mol. The van der Waals surface area contributed by atoms with Crippen molar-refractivity contribution in [2.45, 2.75) is 19.9 Å². The number of anilines is 1. The minimum Gasteiger partial charge on any atom is -0.479 e. The molecule has 20 heavy (non-hydrogen) atoms. The fourth-order valence-electron chi connectivity index (χ4n) is 2.06. The number of nitrogens with one attached hydrogen (secondary N) is 1. The van der Waals surface area contributed by atoms with Crippen molar-refractivity contribution in [3.63, 3.8) is 0 Å². The summed E-state index contributed by atoms with van der Waals surface area (Å²) >= 11 is 0. The van der Waals surface area contributed by atoms with Crippen LogP contribution in [0.3, 0.4) is 0 Å². The van der Waals surface area contributed by atoms with E-state index in [1.54, 1.807) is 25.1 Å². The van der Waals surface area contributed by atoms with Crippen LogP contribution >= 0.6 is 0 Å². The highest BCUT2D eigenvalue weighted by atomic mass is 19.1. The zero-order valence-corrected chi connectivity index (χ0v) is 11.4. The summed E-state index contributed by atoms with van der Waals surface area (Å²) in [7, 11) is 0. The fourth-order valence-corrected chi connectivity index (χ4v) is 2.06. The van der Waals surface area contributed by atoms with Gasteiger partial charge < -0.3 is 10.4 Å². The van der Waals surface area contributed by atoms with Crippen molar-refractivity contribution in [3.05, 3.63) is 65.0 Å². The Labute approximate surface area is 117 Å². The Hall–Kier alpha value is -2.36.